The van der Waals surface area contributed by atoms with Crippen molar-refractivity contribution in [1.82, 2.24) is 0 Å². The number of esters is 1. The Morgan fingerprint density at radius 2 is 2.20 bits per heavy atom. The number of carbonyl (C=O) groups is 1. The molecule has 0 fully saturated rings. The van der Waals surface area contributed by atoms with E-state index in [9.17, 15) is 4.79 Å². The van der Waals surface area contributed by atoms with E-state index >= 15 is 0 Å². The zero-order valence-electron chi connectivity index (χ0n) is 8.30. The molecule has 2 N–H and O–H groups in total. The SMILES string of the molecule is C=Cc1ccc(C(=O)OC)cc1B(O)O. The highest BCUT2D eigenvalue weighted by molar-refractivity contribution is 6.59. The van der Waals surface area contributed by atoms with E-state index in [1.54, 1.807) is 6.07 Å². The zero-order valence-corrected chi connectivity index (χ0v) is 8.30. The number of hydrogen-bond donors (Lipinski definition) is 2. The monoisotopic (exact) mass is 206 g/mol. The summed E-state index contributed by atoms with van der Waals surface area (Å²) in [4.78, 5) is 11.2. The van der Waals surface area contributed by atoms with Crippen LogP contribution in [0.1, 0.15) is 15.9 Å². The van der Waals surface area contributed by atoms with Crippen LogP contribution in [0.4, 0.5) is 0 Å². The molecule has 0 aromatic heterocycles. The van der Waals surface area contributed by atoms with Crippen molar-refractivity contribution in [2.24, 2.45) is 0 Å². The van der Waals surface area contributed by atoms with Crippen molar-refractivity contribution in [3.05, 3.63) is 35.9 Å². The van der Waals surface area contributed by atoms with Crippen molar-refractivity contribution in [1.29, 1.82) is 0 Å². The molecule has 15 heavy (non-hydrogen) atoms. The van der Waals surface area contributed by atoms with Crippen LogP contribution in [0.2, 0.25) is 0 Å². The Labute approximate surface area is 88.0 Å². The molecule has 0 amide bonds. The fourth-order valence-electron chi connectivity index (χ4n) is 1.23. The summed E-state index contributed by atoms with van der Waals surface area (Å²) in [5.74, 6) is -0.521. The Morgan fingerprint density at radius 1 is 1.53 bits per heavy atom. The van der Waals surface area contributed by atoms with Crippen LogP contribution in [-0.4, -0.2) is 30.2 Å². The Morgan fingerprint density at radius 3 is 2.67 bits per heavy atom. The third-order valence-electron chi connectivity index (χ3n) is 2.01. The molecule has 0 saturated carbocycles. The van der Waals surface area contributed by atoms with E-state index in [1.807, 2.05) is 0 Å². The molecular formula is C10H11BO4. The molecule has 78 valence electrons. The first kappa shape index (κ1) is 11.5. The molecule has 4 nitrogen and oxygen atoms in total. The van der Waals surface area contributed by atoms with Gasteiger partial charge >= 0.3 is 13.1 Å². The molecule has 0 unspecified atom stereocenters. The molecule has 0 aliphatic rings. The number of carbonyl (C=O) groups excluding carboxylic acids is 1. The Hall–Kier alpha value is -1.59. The van der Waals surface area contributed by atoms with Crippen LogP contribution in [0.15, 0.2) is 24.8 Å². The number of ether oxygens (including phenoxy) is 1. The second-order valence-corrected chi connectivity index (χ2v) is 2.91. The number of benzene rings is 1. The summed E-state index contributed by atoms with van der Waals surface area (Å²) in [5.41, 5.74) is 1.07. The fraction of sp³-hybridized carbons (Fsp3) is 0.100. The van der Waals surface area contributed by atoms with Gasteiger partial charge in [0.1, 0.15) is 0 Å². The van der Waals surface area contributed by atoms with Crippen molar-refractivity contribution in [3.63, 3.8) is 0 Å². The van der Waals surface area contributed by atoms with E-state index in [1.165, 1.54) is 25.3 Å². The number of rotatable bonds is 3. The average Bonchev–Trinajstić information content (AvgIpc) is 2.27. The quantitative estimate of drug-likeness (QED) is 0.530. The highest BCUT2D eigenvalue weighted by atomic mass is 16.5. The summed E-state index contributed by atoms with van der Waals surface area (Å²) in [5, 5.41) is 18.1. The lowest BCUT2D eigenvalue weighted by molar-refractivity contribution is 0.0601. The van der Waals surface area contributed by atoms with Gasteiger partial charge in [0.15, 0.2) is 0 Å². The molecule has 0 aliphatic carbocycles. The largest absolute Gasteiger partial charge is 0.489 e. The van der Waals surface area contributed by atoms with Crippen molar-refractivity contribution in [2.75, 3.05) is 7.11 Å². The summed E-state index contributed by atoms with van der Waals surface area (Å²) in [7, 11) is -0.374. The maximum absolute atomic E-state index is 11.2. The zero-order chi connectivity index (χ0) is 11.4. The average molecular weight is 206 g/mol. The fourth-order valence-corrected chi connectivity index (χ4v) is 1.23. The third-order valence-corrected chi connectivity index (χ3v) is 2.01. The van der Waals surface area contributed by atoms with Gasteiger partial charge in [-0.15, -0.1) is 0 Å². The van der Waals surface area contributed by atoms with Gasteiger partial charge in [0.05, 0.1) is 12.7 Å². The Bertz CT molecular complexity index is 387. The van der Waals surface area contributed by atoms with E-state index < -0.39 is 13.1 Å². The van der Waals surface area contributed by atoms with E-state index in [2.05, 4.69) is 11.3 Å². The molecule has 0 heterocycles. The van der Waals surface area contributed by atoms with Crippen molar-refractivity contribution in [2.45, 2.75) is 0 Å². The highest BCUT2D eigenvalue weighted by Crippen LogP contribution is 2.05. The molecule has 0 radical (unpaired) electrons. The van der Waals surface area contributed by atoms with Gasteiger partial charge in [0, 0.05) is 0 Å². The van der Waals surface area contributed by atoms with Gasteiger partial charge in [0.25, 0.3) is 0 Å². The van der Waals surface area contributed by atoms with E-state index in [0.29, 0.717) is 5.56 Å². The maximum atomic E-state index is 11.2. The first-order valence-corrected chi connectivity index (χ1v) is 4.31. The van der Waals surface area contributed by atoms with Gasteiger partial charge in [-0.2, -0.15) is 0 Å². The topological polar surface area (TPSA) is 66.8 Å². The van der Waals surface area contributed by atoms with Crippen LogP contribution in [0.5, 0.6) is 0 Å². The summed E-state index contributed by atoms with van der Waals surface area (Å²) in [6.45, 7) is 3.53. The Balaban J connectivity index is 3.21. The van der Waals surface area contributed by atoms with E-state index in [0.717, 1.165) is 0 Å². The standard InChI is InChI=1S/C10H11BO4/c1-3-7-4-5-8(10(12)15-2)6-9(7)11(13)14/h3-6,13-14H,1H2,2H3. The van der Waals surface area contributed by atoms with Gasteiger partial charge in [-0.25, -0.2) is 4.79 Å². The molecule has 1 aromatic rings. The van der Waals surface area contributed by atoms with Crippen molar-refractivity contribution in [3.8, 4) is 0 Å². The molecule has 1 rings (SSSR count). The highest BCUT2D eigenvalue weighted by Gasteiger charge is 2.17. The van der Waals surface area contributed by atoms with Crippen LogP contribution < -0.4 is 5.46 Å². The van der Waals surface area contributed by atoms with Gasteiger partial charge in [-0.1, -0.05) is 18.7 Å². The van der Waals surface area contributed by atoms with Crippen LogP contribution in [0.25, 0.3) is 6.08 Å². The van der Waals surface area contributed by atoms with Crippen LogP contribution in [0, 0.1) is 0 Å². The van der Waals surface area contributed by atoms with Crippen molar-refractivity contribution >= 4 is 24.6 Å². The molecular weight excluding hydrogens is 195 g/mol. The molecule has 0 spiro atoms. The smallest absolute Gasteiger partial charge is 0.465 e. The summed E-state index contributed by atoms with van der Waals surface area (Å²) < 4.78 is 4.52. The van der Waals surface area contributed by atoms with Crippen molar-refractivity contribution < 1.29 is 19.6 Å². The number of methoxy groups -OCH3 is 1. The van der Waals surface area contributed by atoms with Gasteiger partial charge in [-0.05, 0) is 23.2 Å². The normalized spacial score (nSPS) is 9.53. The van der Waals surface area contributed by atoms with Crippen LogP contribution >= 0.6 is 0 Å². The molecule has 1 aromatic carbocycles. The molecule has 5 heteroatoms. The molecule has 0 aliphatic heterocycles. The second kappa shape index (κ2) is 4.77. The first-order valence-electron chi connectivity index (χ1n) is 4.31. The third kappa shape index (κ3) is 2.46. The number of hydrogen-bond acceptors (Lipinski definition) is 4. The minimum Gasteiger partial charge on any atom is -0.465 e. The lowest BCUT2D eigenvalue weighted by Crippen LogP contribution is -2.32. The molecule has 0 bridgehead atoms. The molecule has 0 saturated heterocycles. The van der Waals surface area contributed by atoms with Gasteiger partial charge in [-0.3, -0.25) is 0 Å². The van der Waals surface area contributed by atoms with E-state index in [-0.39, 0.29) is 11.0 Å². The predicted molar refractivity (Wildman–Crippen MR) is 57.7 cm³/mol. The second-order valence-electron chi connectivity index (χ2n) is 2.91. The lowest BCUT2D eigenvalue weighted by atomic mass is 9.76. The van der Waals surface area contributed by atoms with Gasteiger partial charge in [0.2, 0.25) is 0 Å². The Kier molecular flexibility index (Phi) is 3.65. The minimum atomic E-state index is -1.64. The summed E-state index contributed by atoms with van der Waals surface area (Å²) in [6, 6.07) is 4.48. The summed E-state index contributed by atoms with van der Waals surface area (Å²) in [6.07, 6.45) is 1.48. The first-order chi connectivity index (χ1) is 7.10. The van der Waals surface area contributed by atoms with Crippen LogP contribution in [0.3, 0.4) is 0 Å². The maximum Gasteiger partial charge on any atom is 0.489 e. The van der Waals surface area contributed by atoms with E-state index in [4.69, 9.17) is 10.0 Å². The predicted octanol–water partition coefficient (Wildman–Crippen LogP) is -0.204. The van der Waals surface area contributed by atoms with Crippen LogP contribution in [-0.2, 0) is 4.74 Å². The molecule has 0 atom stereocenters. The van der Waals surface area contributed by atoms with Gasteiger partial charge < -0.3 is 14.8 Å². The lowest BCUT2D eigenvalue weighted by Gasteiger charge is -2.06. The minimum absolute atomic E-state index is 0.230. The summed E-state index contributed by atoms with van der Waals surface area (Å²) >= 11 is 0.